The molecule has 2 saturated heterocycles. The molecule has 2 aliphatic rings. The highest BCUT2D eigenvalue weighted by Gasteiger charge is 2.33. The molecule has 2 rings (SSSR count). The second-order valence-electron chi connectivity index (χ2n) is 7.65. The van der Waals surface area contributed by atoms with Crippen LogP contribution < -0.4 is 10.6 Å². The monoisotopic (exact) mass is 383 g/mol. The second-order valence-corrected chi connectivity index (χ2v) is 7.65. The van der Waals surface area contributed by atoms with Crippen LogP contribution in [0.3, 0.4) is 0 Å². The molecule has 0 aliphatic carbocycles. The maximum atomic E-state index is 12.1. The summed E-state index contributed by atoms with van der Waals surface area (Å²) < 4.78 is 5.80. The van der Waals surface area contributed by atoms with Crippen LogP contribution in [0.25, 0.3) is 0 Å². The van der Waals surface area contributed by atoms with E-state index in [4.69, 9.17) is 4.74 Å². The van der Waals surface area contributed by atoms with E-state index in [0.717, 1.165) is 32.6 Å². The molecule has 0 radical (unpaired) electrons. The molecule has 144 valence electrons. The van der Waals surface area contributed by atoms with Gasteiger partial charge in [0.1, 0.15) is 0 Å². The van der Waals surface area contributed by atoms with Crippen LogP contribution >= 0.6 is 24.8 Å². The van der Waals surface area contributed by atoms with Crippen molar-refractivity contribution in [3.63, 3.8) is 0 Å². The molecule has 2 aliphatic heterocycles. The topological polar surface area (TPSA) is 53.6 Å². The molecule has 0 aromatic rings. The molecular formula is C17H35Cl2N3O2. The number of halogens is 2. The summed E-state index contributed by atoms with van der Waals surface area (Å²) in [6.45, 7) is 13.4. The summed E-state index contributed by atoms with van der Waals surface area (Å²) in [6, 6.07) is 0. The van der Waals surface area contributed by atoms with Gasteiger partial charge < -0.3 is 15.4 Å². The molecule has 0 aromatic carbocycles. The number of carbonyl (C=O) groups excluding carboxylic acids is 1. The standard InChI is InChI=1S/C17H33N3O2.2ClH/c1-13-10-20(11-14(2)22-13)17(3,4)12-19-16(21)6-5-15-7-8-18-9-15;;/h13-15,18H,5-12H2,1-4H3,(H,19,21);2*1H. The molecule has 5 nitrogen and oxygen atoms in total. The molecule has 24 heavy (non-hydrogen) atoms. The number of hydrogen-bond acceptors (Lipinski definition) is 4. The van der Waals surface area contributed by atoms with E-state index in [1.54, 1.807) is 0 Å². The lowest BCUT2D eigenvalue weighted by Crippen LogP contribution is -2.58. The zero-order valence-corrected chi connectivity index (χ0v) is 17.1. The predicted octanol–water partition coefficient (Wildman–Crippen LogP) is 2.22. The summed E-state index contributed by atoms with van der Waals surface area (Å²) in [7, 11) is 0. The van der Waals surface area contributed by atoms with E-state index in [1.165, 1.54) is 6.42 Å². The van der Waals surface area contributed by atoms with Crippen LogP contribution in [-0.2, 0) is 9.53 Å². The number of rotatable bonds is 6. The van der Waals surface area contributed by atoms with Crippen molar-refractivity contribution < 1.29 is 9.53 Å². The summed E-state index contributed by atoms with van der Waals surface area (Å²) in [4.78, 5) is 14.5. The van der Waals surface area contributed by atoms with Gasteiger partial charge in [0, 0.05) is 31.6 Å². The Kier molecular flexibility index (Phi) is 10.8. The largest absolute Gasteiger partial charge is 0.373 e. The number of carbonyl (C=O) groups is 1. The van der Waals surface area contributed by atoms with Gasteiger partial charge in [-0.1, -0.05) is 0 Å². The van der Waals surface area contributed by atoms with E-state index in [9.17, 15) is 4.79 Å². The highest BCUT2D eigenvalue weighted by molar-refractivity contribution is 5.85. The van der Waals surface area contributed by atoms with Crippen molar-refractivity contribution in [3.8, 4) is 0 Å². The normalized spacial score (nSPS) is 27.9. The Morgan fingerprint density at radius 3 is 2.42 bits per heavy atom. The van der Waals surface area contributed by atoms with Gasteiger partial charge >= 0.3 is 0 Å². The Bertz CT molecular complexity index is 367. The minimum Gasteiger partial charge on any atom is -0.373 e. The smallest absolute Gasteiger partial charge is 0.220 e. The average Bonchev–Trinajstić information content (AvgIpc) is 2.95. The lowest BCUT2D eigenvalue weighted by Gasteiger charge is -2.45. The van der Waals surface area contributed by atoms with E-state index >= 15 is 0 Å². The van der Waals surface area contributed by atoms with Crippen molar-refractivity contribution in [2.24, 2.45) is 5.92 Å². The average molecular weight is 384 g/mol. The Balaban J connectivity index is 0.00000264. The van der Waals surface area contributed by atoms with Gasteiger partial charge in [-0.05, 0) is 59.5 Å². The zero-order valence-electron chi connectivity index (χ0n) is 15.5. The van der Waals surface area contributed by atoms with Gasteiger partial charge in [-0.3, -0.25) is 9.69 Å². The van der Waals surface area contributed by atoms with Gasteiger partial charge in [-0.25, -0.2) is 0 Å². The second kappa shape index (κ2) is 10.8. The fourth-order valence-corrected chi connectivity index (χ4v) is 3.48. The first-order valence-corrected chi connectivity index (χ1v) is 8.75. The van der Waals surface area contributed by atoms with E-state index in [1.807, 2.05) is 0 Å². The van der Waals surface area contributed by atoms with E-state index in [-0.39, 0.29) is 48.5 Å². The van der Waals surface area contributed by atoms with Crippen molar-refractivity contribution >= 4 is 30.7 Å². The molecular weight excluding hydrogens is 349 g/mol. The van der Waals surface area contributed by atoms with Gasteiger partial charge in [-0.2, -0.15) is 0 Å². The van der Waals surface area contributed by atoms with E-state index < -0.39 is 0 Å². The van der Waals surface area contributed by atoms with Crippen LogP contribution in [0.2, 0.25) is 0 Å². The summed E-state index contributed by atoms with van der Waals surface area (Å²) in [5.41, 5.74) is -0.0309. The molecule has 0 spiro atoms. The Morgan fingerprint density at radius 1 is 1.25 bits per heavy atom. The summed E-state index contributed by atoms with van der Waals surface area (Å²) in [5, 5.41) is 6.49. The molecule has 2 N–H and O–H groups in total. The number of nitrogens with zero attached hydrogens (tertiary/aromatic N) is 1. The van der Waals surface area contributed by atoms with Crippen molar-refractivity contribution in [1.82, 2.24) is 15.5 Å². The van der Waals surface area contributed by atoms with Gasteiger partial charge in [0.2, 0.25) is 5.91 Å². The number of morpholine rings is 1. The molecule has 2 fully saturated rings. The quantitative estimate of drug-likeness (QED) is 0.738. The van der Waals surface area contributed by atoms with Crippen LogP contribution in [0, 0.1) is 5.92 Å². The molecule has 3 atom stereocenters. The van der Waals surface area contributed by atoms with Crippen LogP contribution in [-0.4, -0.2) is 61.3 Å². The Morgan fingerprint density at radius 2 is 1.88 bits per heavy atom. The molecule has 2 heterocycles. The fourth-order valence-electron chi connectivity index (χ4n) is 3.48. The molecule has 7 heteroatoms. The van der Waals surface area contributed by atoms with Crippen molar-refractivity contribution in [3.05, 3.63) is 0 Å². The molecule has 1 amide bonds. The van der Waals surface area contributed by atoms with Crippen molar-refractivity contribution in [2.75, 3.05) is 32.7 Å². The molecule has 0 bridgehead atoms. The summed E-state index contributed by atoms with van der Waals surface area (Å²) >= 11 is 0. The lowest BCUT2D eigenvalue weighted by molar-refractivity contribution is -0.123. The number of amides is 1. The van der Waals surface area contributed by atoms with Crippen LogP contribution in [0.5, 0.6) is 0 Å². The number of ether oxygens (including phenoxy) is 1. The van der Waals surface area contributed by atoms with Gasteiger partial charge in [-0.15, -0.1) is 24.8 Å². The first kappa shape index (κ1) is 23.9. The maximum absolute atomic E-state index is 12.1. The molecule has 3 unspecified atom stereocenters. The van der Waals surface area contributed by atoms with Gasteiger partial charge in [0.05, 0.1) is 12.2 Å². The first-order valence-electron chi connectivity index (χ1n) is 8.75. The molecule has 0 saturated carbocycles. The number of nitrogens with one attached hydrogen (secondary N) is 2. The fraction of sp³-hybridized carbons (Fsp3) is 0.941. The third kappa shape index (κ3) is 7.44. The SMILES string of the molecule is CC1CN(C(C)(C)CNC(=O)CCC2CCNC2)CC(C)O1.Cl.Cl. The highest BCUT2D eigenvalue weighted by Crippen LogP contribution is 2.21. The highest BCUT2D eigenvalue weighted by atomic mass is 35.5. The summed E-state index contributed by atoms with van der Waals surface area (Å²) in [6.07, 6.45) is 3.38. The third-order valence-corrected chi connectivity index (χ3v) is 4.94. The van der Waals surface area contributed by atoms with Gasteiger partial charge in [0.15, 0.2) is 0 Å². The first-order chi connectivity index (χ1) is 10.4. The predicted molar refractivity (Wildman–Crippen MR) is 103 cm³/mol. The zero-order chi connectivity index (χ0) is 16.2. The van der Waals surface area contributed by atoms with E-state index in [0.29, 0.717) is 18.9 Å². The Labute approximate surface area is 159 Å². The van der Waals surface area contributed by atoms with Gasteiger partial charge in [0.25, 0.3) is 0 Å². The minimum atomic E-state index is -0.0309. The molecule has 0 aromatic heterocycles. The van der Waals surface area contributed by atoms with E-state index in [2.05, 4.69) is 43.2 Å². The number of hydrogen-bond donors (Lipinski definition) is 2. The van der Waals surface area contributed by atoms with Crippen LogP contribution in [0.4, 0.5) is 0 Å². The van der Waals surface area contributed by atoms with Crippen LogP contribution in [0.15, 0.2) is 0 Å². The van der Waals surface area contributed by atoms with Crippen LogP contribution in [0.1, 0.15) is 47.0 Å². The minimum absolute atomic E-state index is 0. The Hall–Kier alpha value is -0.0700. The summed E-state index contributed by atoms with van der Waals surface area (Å²) in [5.74, 6) is 0.869. The maximum Gasteiger partial charge on any atom is 0.220 e. The third-order valence-electron chi connectivity index (χ3n) is 4.94. The van der Waals surface area contributed by atoms with Crippen molar-refractivity contribution in [1.29, 1.82) is 0 Å². The lowest BCUT2D eigenvalue weighted by atomic mass is 9.99. The van der Waals surface area contributed by atoms with Crippen molar-refractivity contribution in [2.45, 2.75) is 64.7 Å².